The number of amides is 1. The van der Waals surface area contributed by atoms with Crippen LogP contribution in [-0.2, 0) is 0 Å². The number of nitrogens with zero attached hydrogens (tertiary/aromatic N) is 2. The molecule has 2 aromatic rings. The van der Waals surface area contributed by atoms with Crippen molar-refractivity contribution in [2.75, 3.05) is 26.4 Å². The number of aromatic nitrogens is 1. The third-order valence-electron chi connectivity index (χ3n) is 2.75. The first kappa shape index (κ1) is 13.8. The standard InChI is InChI=1S/C13H18N4OS/c1-8(7-17(2)3)16-13(18)12-11(14)9-4-5-15-6-10(9)19-12/h4-6,8H,7,14H2,1-3H3,(H,16,18). The Bertz CT molecular complexity index is 593. The normalized spacial score (nSPS) is 12.8. The molecule has 0 saturated carbocycles. The predicted octanol–water partition coefficient (Wildman–Crippen LogP) is 1.56. The number of nitrogen functional groups attached to an aromatic ring is 1. The molecule has 19 heavy (non-hydrogen) atoms. The van der Waals surface area contributed by atoms with Crippen LogP contribution in [0.5, 0.6) is 0 Å². The highest BCUT2D eigenvalue weighted by molar-refractivity contribution is 7.21. The Balaban J connectivity index is 2.20. The second kappa shape index (κ2) is 5.54. The first-order valence-corrected chi connectivity index (χ1v) is 6.88. The molecular formula is C13H18N4OS. The molecule has 3 N–H and O–H groups in total. The summed E-state index contributed by atoms with van der Waals surface area (Å²) in [5.41, 5.74) is 6.57. The molecule has 2 heterocycles. The zero-order valence-electron chi connectivity index (χ0n) is 11.3. The van der Waals surface area contributed by atoms with Gasteiger partial charge in [0.25, 0.3) is 5.91 Å². The number of carbonyl (C=O) groups excluding carboxylic acids is 1. The summed E-state index contributed by atoms with van der Waals surface area (Å²) in [6.45, 7) is 2.76. The Hall–Kier alpha value is -1.66. The lowest BCUT2D eigenvalue weighted by molar-refractivity contribution is 0.0939. The molecule has 0 saturated heterocycles. The van der Waals surface area contributed by atoms with Crippen molar-refractivity contribution >= 4 is 33.0 Å². The molecule has 0 spiro atoms. The van der Waals surface area contributed by atoms with E-state index in [-0.39, 0.29) is 11.9 Å². The van der Waals surface area contributed by atoms with Gasteiger partial charge >= 0.3 is 0 Å². The van der Waals surface area contributed by atoms with Crippen molar-refractivity contribution in [2.45, 2.75) is 13.0 Å². The molecule has 0 radical (unpaired) electrons. The van der Waals surface area contributed by atoms with E-state index in [0.717, 1.165) is 16.6 Å². The van der Waals surface area contributed by atoms with Crippen LogP contribution in [0.2, 0.25) is 0 Å². The number of nitrogens with one attached hydrogen (secondary N) is 1. The molecule has 0 aliphatic heterocycles. The molecule has 0 aliphatic rings. The van der Waals surface area contributed by atoms with Crippen LogP contribution in [0.15, 0.2) is 18.5 Å². The van der Waals surface area contributed by atoms with Crippen molar-refractivity contribution < 1.29 is 4.79 Å². The third kappa shape index (κ3) is 3.02. The fourth-order valence-electron chi connectivity index (χ4n) is 2.02. The van der Waals surface area contributed by atoms with E-state index in [2.05, 4.69) is 10.3 Å². The number of hydrogen-bond donors (Lipinski definition) is 2. The molecule has 1 unspecified atom stereocenters. The summed E-state index contributed by atoms with van der Waals surface area (Å²) in [5, 5.41) is 3.85. The summed E-state index contributed by atoms with van der Waals surface area (Å²) >= 11 is 1.38. The molecule has 1 amide bonds. The number of nitrogens with two attached hydrogens (primary N) is 1. The maximum absolute atomic E-state index is 12.2. The molecule has 2 aromatic heterocycles. The van der Waals surface area contributed by atoms with Crippen LogP contribution in [0.4, 0.5) is 5.69 Å². The van der Waals surface area contributed by atoms with E-state index in [1.807, 2.05) is 32.0 Å². The first-order valence-electron chi connectivity index (χ1n) is 6.06. The minimum Gasteiger partial charge on any atom is -0.397 e. The smallest absolute Gasteiger partial charge is 0.263 e. The van der Waals surface area contributed by atoms with Crippen LogP contribution < -0.4 is 11.1 Å². The minimum atomic E-state index is -0.118. The fraction of sp³-hybridized carbons (Fsp3) is 0.385. The van der Waals surface area contributed by atoms with Gasteiger partial charge in [-0.1, -0.05) is 0 Å². The molecule has 102 valence electrons. The molecule has 2 rings (SSSR count). The van der Waals surface area contributed by atoms with E-state index >= 15 is 0 Å². The van der Waals surface area contributed by atoms with Gasteiger partial charge in [0, 0.05) is 30.4 Å². The second-order valence-corrected chi connectivity index (χ2v) is 5.91. The van der Waals surface area contributed by atoms with Gasteiger partial charge in [-0.3, -0.25) is 9.78 Å². The van der Waals surface area contributed by atoms with Gasteiger partial charge in [-0.2, -0.15) is 0 Å². The van der Waals surface area contributed by atoms with Gasteiger partial charge < -0.3 is 16.0 Å². The fourth-order valence-corrected chi connectivity index (χ4v) is 3.02. The zero-order valence-corrected chi connectivity index (χ0v) is 12.1. The monoisotopic (exact) mass is 278 g/mol. The maximum Gasteiger partial charge on any atom is 0.263 e. The van der Waals surface area contributed by atoms with Gasteiger partial charge in [-0.05, 0) is 27.1 Å². The van der Waals surface area contributed by atoms with E-state index < -0.39 is 0 Å². The molecular weight excluding hydrogens is 260 g/mol. The highest BCUT2D eigenvalue weighted by atomic mass is 32.1. The van der Waals surface area contributed by atoms with Crippen LogP contribution in [0.3, 0.4) is 0 Å². The topological polar surface area (TPSA) is 71.2 Å². The second-order valence-electron chi connectivity index (χ2n) is 4.85. The maximum atomic E-state index is 12.2. The summed E-state index contributed by atoms with van der Waals surface area (Å²) in [6, 6.07) is 1.91. The average molecular weight is 278 g/mol. The Kier molecular flexibility index (Phi) is 4.01. The Labute approximate surface area is 116 Å². The molecule has 0 aromatic carbocycles. The highest BCUT2D eigenvalue weighted by Crippen LogP contribution is 2.32. The molecule has 5 nitrogen and oxygen atoms in total. The number of hydrogen-bond acceptors (Lipinski definition) is 5. The highest BCUT2D eigenvalue weighted by Gasteiger charge is 2.18. The lowest BCUT2D eigenvalue weighted by Crippen LogP contribution is -2.39. The van der Waals surface area contributed by atoms with Crippen molar-refractivity contribution in [3.63, 3.8) is 0 Å². The van der Waals surface area contributed by atoms with E-state index in [1.54, 1.807) is 12.4 Å². The third-order valence-corrected chi connectivity index (χ3v) is 3.91. The Morgan fingerprint density at radius 3 is 2.95 bits per heavy atom. The summed E-state index contributed by atoms with van der Waals surface area (Å²) in [4.78, 5) is 18.8. The van der Waals surface area contributed by atoms with E-state index in [0.29, 0.717) is 10.6 Å². The number of likely N-dealkylation sites (N-methyl/N-ethyl adjacent to an activating group) is 1. The zero-order chi connectivity index (χ0) is 14.0. The van der Waals surface area contributed by atoms with Gasteiger partial charge in [0.05, 0.1) is 10.4 Å². The number of carbonyl (C=O) groups is 1. The van der Waals surface area contributed by atoms with Gasteiger partial charge in [-0.25, -0.2) is 0 Å². The molecule has 0 aliphatic carbocycles. The Morgan fingerprint density at radius 2 is 2.32 bits per heavy atom. The van der Waals surface area contributed by atoms with Gasteiger partial charge in [-0.15, -0.1) is 11.3 Å². The van der Waals surface area contributed by atoms with Crippen molar-refractivity contribution in [1.29, 1.82) is 0 Å². The average Bonchev–Trinajstić information content (AvgIpc) is 2.66. The van der Waals surface area contributed by atoms with E-state index in [1.165, 1.54) is 11.3 Å². The summed E-state index contributed by atoms with van der Waals surface area (Å²) in [7, 11) is 3.95. The van der Waals surface area contributed by atoms with Crippen LogP contribution in [0.25, 0.3) is 10.1 Å². The van der Waals surface area contributed by atoms with Crippen molar-refractivity contribution in [2.24, 2.45) is 0 Å². The lowest BCUT2D eigenvalue weighted by atomic mass is 10.2. The summed E-state index contributed by atoms with van der Waals surface area (Å²) < 4.78 is 0.936. The number of rotatable bonds is 4. The summed E-state index contributed by atoms with van der Waals surface area (Å²) in [6.07, 6.45) is 3.41. The lowest BCUT2D eigenvalue weighted by Gasteiger charge is -2.17. The minimum absolute atomic E-state index is 0.0743. The van der Waals surface area contributed by atoms with E-state index in [9.17, 15) is 4.79 Å². The number of anilines is 1. The van der Waals surface area contributed by atoms with Crippen LogP contribution in [0.1, 0.15) is 16.6 Å². The quantitative estimate of drug-likeness (QED) is 0.890. The summed E-state index contributed by atoms with van der Waals surface area (Å²) in [5.74, 6) is -0.118. The van der Waals surface area contributed by atoms with Crippen LogP contribution >= 0.6 is 11.3 Å². The van der Waals surface area contributed by atoms with Gasteiger partial charge in [0.15, 0.2) is 0 Å². The SMILES string of the molecule is CC(CN(C)C)NC(=O)c1sc2cnccc2c1N. The molecule has 0 fully saturated rings. The van der Waals surface area contributed by atoms with Gasteiger partial charge in [0.1, 0.15) is 4.88 Å². The molecule has 1 atom stereocenters. The van der Waals surface area contributed by atoms with E-state index in [4.69, 9.17) is 5.73 Å². The number of pyridine rings is 1. The number of fused-ring (bicyclic) bond motifs is 1. The van der Waals surface area contributed by atoms with Crippen molar-refractivity contribution in [3.05, 3.63) is 23.3 Å². The number of thiophene rings is 1. The molecule has 0 bridgehead atoms. The first-order chi connectivity index (χ1) is 8.99. The predicted molar refractivity (Wildman–Crippen MR) is 79.5 cm³/mol. The van der Waals surface area contributed by atoms with Crippen LogP contribution in [0, 0.1) is 0 Å². The molecule has 6 heteroatoms. The largest absolute Gasteiger partial charge is 0.397 e. The van der Waals surface area contributed by atoms with Crippen molar-refractivity contribution in [3.8, 4) is 0 Å². The Morgan fingerprint density at radius 1 is 1.58 bits per heavy atom. The van der Waals surface area contributed by atoms with Crippen molar-refractivity contribution in [1.82, 2.24) is 15.2 Å². The van der Waals surface area contributed by atoms with Crippen LogP contribution in [-0.4, -0.2) is 42.5 Å². The van der Waals surface area contributed by atoms with Gasteiger partial charge in [0.2, 0.25) is 0 Å².